The van der Waals surface area contributed by atoms with Crippen LogP contribution < -0.4 is 6.15 Å². The monoisotopic (exact) mass is 245 g/mol. The van der Waals surface area contributed by atoms with E-state index in [4.69, 9.17) is 34.3 Å². The molecule has 0 aliphatic heterocycles. The van der Waals surface area contributed by atoms with Crippen molar-refractivity contribution in [3.05, 3.63) is 0 Å². The third-order valence-electron chi connectivity index (χ3n) is 0. The number of rotatable bonds is 0. The van der Waals surface area contributed by atoms with Crippen LogP contribution in [-0.2, 0) is 4.57 Å². The summed E-state index contributed by atoms with van der Waals surface area (Å²) in [5.74, 6) is 0. The molecule has 72 valence electrons. The van der Waals surface area contributed by atoms with Crippen molar-refractivity contribution < 1.29 is 34.3 Å². The van der Waals surface area contributed by atoms with E-state index >= 15 is 0 Å². The molecule has 0 spiro atoms. The Kier molecular flexibility index (Phi) is 37.8. The van der Waals surface area contributed by atoms with E-state index in [1.165, 1.54) is 0 Å². The van der Waals surface area contributed by atoms with Gasteiger partial charge in [0, 0.05) is 0 Å². The molecule has 0 saturated carbocycles. The van der Waals surface area contributed by atoms with Crippen molar-refractivity contribution in [2.45, 2.75) is 0 Å². The van der Waals surface area contributed by atoms with Crippen LogP contribution in [0.15, 0.2) is 0 Å². The van der Waals surface area contributed by atoms with Gasteiger partial charge in [0.1, 0.15) is 0 Å². The van der Waals surface area contributed by atoms with Crippen molar-refractivity contribution in [1.29, 1.82) is 0 Å². The summed E-state index contributed by atoms with van der Waals surface area (Å²) in [7, 11) is -6.81. The van der Waals surface area contributed by atoms with E-state index in [0.29, 0.717) is 0 Å². The van der Waals surface area contributed by atoms with Crippen LogP contribution in [0.2, 0.25) is 0 Å². The number of hydrogen-bond acceptors (Lipinski definition) is 5. The second-order valence-corrected chi connectivity index (χ2v) is 1.89. The zero-order valence-corrected chi connectivity index (χ0v) is 5.72. The standard InChI is InChI=1S/BH3O3.Ca.Mg.H3N.H3O4P.4H/c2-1(3)4;;;;1-5(2,3)4;;;;/h2-4H;;;1H3;(H3,1,2,3,4);;;;. The minimum absolute atomic E-state index is 0. The Balaban J connectivity index is -0.0000000221. The van der Waals surface area contributed by atoms with Gasteiger partial charge in [0.15, 0.2) is 0 Å². The van der Waals surface area contributed by atoms with E-state index in [9.17, 15) is 0 Å². The molecule has 12 heteroatoms. The van der Waals surface area contributed by atoms with Crippen molar-refractivity contribution in [2.24, 2.45) is 0 Å². The predicted octanol–water partition coefficient (Wildman–Crippen LogP) is -4.65. The van der Waals surface area contributed by atoms with Crippen LogP contribution in [0.25, 0.3) is 0 Å². The van der Waals surface area contributed by atoms with E-state index < -0.39 is 15.1 Å². The van der Waals surface area contributed by atoms with Crippen LogP contribution in [0, 0.1) is 0 Å². The summed E-state index contributed by atoms with van der Waals surface area (Å²) in [6.45, 7) is 0. The molecule has 0 aliphatic carbocycles. The van der Waals surface area contributed by atoms with Crippen LogP contribution in [0.5, 0.6) is 0 Å². The SMILES string of the molecule is N.O=P(O)(O)O.OB(O)O.[CaH2].[MgH2]. The van der Waals surface area contributed by atoms with E-state index in [0.717, 1.165) is 0 Å². The predicted molar refractivity (Wildman–Crippen MR) is 48.8 cm³/mol. The fraction of sp³-hybridized carbons (Fsp3) is 0. The van der Waals surface area contributed by atoms with Gasteiger partial charge in [-0.2, -0.15) is 0 Å². The molecule has 0 bridgehead atoms. The summed E-state index contributed by atoms with van der Waals surface area (Å²) < 4.78 is 8.88. The molecule has 0 fully saturated rings. The Morgan fingerprint density at radius 2 is 1.00 bits per heavy atom. The molecule has 0 heterocycles. The molecule has 0 aromatic carbocycles. The summed E-state index contributed by atoms with van der Waals surface area (Å²) in [6, 6.07) is 0. The molecule has 0 unspecified atom stereocenters. The minimum Gasteiger partial charge on any atom is 0.316 e. The van der Waals surface area contributed by atoms with Crippen LogP contribution in [-0.4, -0.2) is 97.9 Å². The summed E-state index contributed by atoms with van der Waals surface area (Å²) in [6.07, 6.45) is 0. The van der Waals surface area contributed by atoms with E-state index in [-0.39, 0.29) is 66.9 Å². The van der Waals surface area contributed by atoms with Crippen LogP contribution in [0.4, 0.5) is 0 Å². The van der Waals surface area contributed by atoms with E-state index in [1.54, 1.807) is 0 Å². The summed E-state index contributed by atoms with van der Waals surface area (Å²) >= 11 is 0. The first-order chi connectivity index (χ1) is 3.73. The van der Waals surface area contributed by atoms with Crippen LogP contribution in [0.3, 0.4) is 0 Å². The molecule has 0 saturated heterocycles. The van der Waals surface area contributed by atoms with Crippen molar-refractivity contribution >= 4 is 75.9 Å². The van der Waals surface area contributed by atoms with Crippen molar-refractivity contribution in [1.82, 2.24) is 6.15 Å². The molecule has 0 aliphatic rings. The zero-order chi connectivity index (χ0) is 8.08. The Morgan fingerprint density at radius 3 is 1.00 bits per heavy atom. The average Bonchev–Trinajstić information content (AvgIpc) is 1.19. The van der Waals surface area contributed by atoms with Gasteiger partial charge in [0.2, 0.25) is 0 Å². The summed E-state index contributed by atoms with van der Waals surface area (Å²) in [5.41, 5.74) is 0. The largest absolute Gasteiger partial charge is 0.316 e. The second-order valence-electron chi connectivity index (χ2n) is 0.860. The first-order valence-electron chi connectivity index (χ1n) is 1.56. The van der Waals surface area contributed by atoms with E-state index in [1.807, 2.05) is 0 Å². The third-order valence-corrected chi connectivity index (χ3v) is 0. The summed E-state index contributed by atoms with van der Waals surface area (Å²) in [4.78, 5) is 21.6. The van der Waals surface area contributed by atoms with Gasteiger partial charge >= 0.3 is 75.9 Å². The Bertz CT molecular complexity index is 94.6. The Hall–Kier alpha value is 2.04. The van der Waals surface area contributed by atoms with Gasteiger partial charge in [-0.25, -0.2) is 4.57 Å². The molecule has 0 aromatic heterocycles. The summed E-state index contributed by atoms with van der Waals surface area (Å²) in [5, 5.41) is 21.5. The maximum absolute atomic E-state index is 8.88. The second kappa shape index (κ2) is 15.5. The normalized spacial score (nSPS) is 7.17. The van der Waals surface area contributed by atoms with Gasteiger partial charge in [-0.1, -0.05) is 0 Å². The first kappa shape index (κ1) is 29.2. The fourth-order valence-electron chi connectivity index (χ4n) is 0. The topological polar surface area (TPSA) is 173 Å². The van der Waals surface area contributed by atoms with Crippen molar-refractivity contribution in [3.63, 3.8) is 0 Å². The quantitative estimate of drug-likeness (QED) is 0.165. The molecule has 0 aromatic rings. The molecule has 12 heavy (non-hydrogen) atoms. The van der Waals surface area contributed by atoms with Crippen LogP contribution in [0.1, 0.15) is 0 Å². The van der Waals surface area contributed by atoms with Crippen LogP contribution >= 0.6 is 7.82 Å². The zero-order valence-electron chi connectivity index (χ0n) is 4.82. The third kappa shape index (κ3) is 352. The van der Waals surface area contributed by atoms with Crippen molar-refractivity contribution in [3.8, 4) is 0 Å². The maximum Gasteiger partial charge on any atom is 0.316 e. The average molecular weight is 245 g/mol. The molecular formula is H13BCaMgNO7P. The molecule has 9 N–H and O–H groups in total. The Morgan fingerprint density at radius 1 is 1.00 bits per heavy atom. The maximum atomic E-state index is 8.88. The minimum atomic E-state index is -4.64. The fourth-order valence-corrected chi connectivity index (χ4v) is 0. The number of hydrogen-bond donors (Lipinski definition) is 7. The van der Waals surface area contributed by atoms with Gasteiger partial charge in [-0.15, -0.1) is 0 Å². The van der Waals surface area contributed by atoms with Gasteiger partial charge in [0.25, 0.3) is 0 Å². The molecule has 0 amide bonds. The molecule has 8 nitrogen and oxygen atoms in total. The van der Waals surface area contributed by atoms with Gasteiger partial charge in [-0.05, 0) is 0 Å². The van der Waals surface area contributed by atoms with E-state index in [2.05, 4.69) is 0 Å². The smallest absolute Gasteiger partial charge is 0.316 e. The molecule has 0 atom stereocenters. The number of phosphoric acid groups is 1. The first-order valence-corrected chi connectivity index (χ1v) is 3.12. The van der Waals surface area contributed by atoms with Gasteiger partial charge in [0.05, 0.1) is 0 Å². The van der Waals surface area contributed by atoms with Gasteiger partial charge < -0.3 is 35.9 Å². The molecule has 0 radical (unpaired) electrons. The molecular weight excluding hydrogens is 232 g/mol. The Labute approximate surface area is 115 Å². The van der Waals surface area contributed by atoms with Crippen molar-refractivity contribution in [2.75, 3.05) is 0 Å². The molecule has 0 rings (SSSR count). The van der Waals surface area contributed by atoms with Gasteiger partial charge in [-0.3, -0.25) is 0 Å².